The summed E-state index contributed by atoms with van der Waals surface area (Å²) in [5.41, 5.74) is 1.92. The molecule has 3 atom stereocenters. The Labute approximate surface area is 332 Å². The number of alkyl halides is 2. The highest BCUT2D eigenvalue weighted by atomic mass is 35.5. The van der Waals surface area contributed by atoms with Gasteiger partial charge in [-0.25, -0.2) is 9.59 Å². The third-order valence-corrected chi connectivity index (χ3v) is 11.0. The number of hydrogen-bond acceptors (Lipinski definition) is 10. The second-order valence-electron chi connectivity index (χ2n) is 14.2. The van der Waals surface area contributed by atoms with Crippen molar-refractivity contribution in [3.63, 3.8) is 0 Å². The molecule has 11 nitrogen and oxygen atoms in total. The predicted molar refractivity (Wildman–Crippen MR) is 203 cm³/mol. The Morgan fingerprint density at radius 2 is 1.66 bits per heavy atom. The number of anilines is 1. The van der Waals surface area contributed by atoms with Crippen molar-refractivity contribution in [2.75, 3.05) is 38.7 Å². The van der Waals surface area contributed by atoms with Crippen molar-refractivity contribution >= 4 is 40.8 Å². The minimum atomic E-state index is -3.09. The van der Waals surface area contributed by atoms with Gasteiger partial charge in [-0.05, 0) is 92.1 Å². The number of carbonyl (C=O) groups excluding carboxylic acids is 2. The summed E-state index contributed by atoms with van der Waals surface area (Å²) >= 11 is 12.9. The number of nitrogens with zero attached hydrogens (tertiary/aromatic N) is 2. The molecule has 15 heteroatoms. The van der Waals surface area contributed by atoms with Crippen LogP contribution < -0.4 is 24.3 Å². The largest absolute Gasteiger partial charge is 0.619 e. The molecule has 0 amide bonds. The first-order chi connectivity index (χ1) is 27.0. The lowest BCUT2D eigenvalue weighted by molar-refractivity contribution is -0.605. The summed E-state index contributed by atoms with van der Waals surface area (Å²) in [6.07, 6.45) is 4.79. The molecular formula is C41H41Cl2F2N3O8. The van der Waals surface area contributed by atoms with E-state index in [2.05, 4.69) is 10.2 Å². The number of methoxy groups -OCH3 is 1. The Morgan fingerprint density at radius 1 is 0.929 bits per heavy atom. The predicted octanol–water partition coefficient (Wildman–Crippen LogP) is 7.96. The van der Waals surface area contributed by atoms with Crippen LogP contribution in [0.2, 0.25) is 10.0 Å². The van der Waals surface area contributed by atoms with Crippen LogP contribution in [0.1, 0.15) is 64.9 Å². The number of piperidine rings is 3. The van der Waals surface area contributed by atoms with Crippen LogP contribution in [0.3, 0.4) is 0 Å². The van der Waals surface area contributed by atoms with Crippen molar-refractivity contribution in [2.45, 2.75) is 57.0 Å². The van der Waals surface area contributed by atoms with Crippen molar-refractivity contribution in [1.82, 2.24) is 4.90 Å². The van der Waals surface area contributed by atoms with Gasteiger partial charge in [-0.15, -0.1) is 0 Å². The summed E-state index contributed by atoms with van der Waals surface area (Å²) in [6, 6.07) is 17.2. The molecule has 3 saturated heterocycles. The van der Waals surface area contributed by atoms with E-state index in [0.717, 1.165) is 51.2 Å². The van der Waals surface area contributed by atoms with Crippen LogP contribution in [-0.4, -0.2) is 62.9 Å². The van der Waals surface area contributed by atoms with E-state index < -0.39 is 30.7 Å². The second-order valence-corrected chi connectivity index (χ2v) is 15.1. The Hall–Kier alpha value is -4.85. The highest BCUT2D eigenvalue weighted by Gasteiger charge is 2.38. The first-order valence-corrected chi connectivity index (χ1v) is 19.2. The molecule has 0 spiro atoms. The minimum Gasteiger partial charge on any atom is -0.619 e. The summed E-state index contributed by atoms with van der Waals surface area (Å²) < 4.78 is 55.6. The highest BCUT2D eigenvalue weighted by molar-refractivity contribution is 6.35. The molecule has 0 radical (unpaired) electrons. The van der Waals surface area contributed by atoms with Crippen molar-refractivity contribution < 1.29 is 46.8 Å². The number of carbonyl (C=O) groups is 2. The van der Waals surface area contributed by atoms with Crippen LogP contribution in [0.25, 0.3) is 0 Å². The zero-order chi connectivity index (χ0) is 39.3. The summed E-state index contributed by atoms with van der Waals surface area (Å²) in [7, 11) is 1.44. The van der Waals surface area contributed by atoms with E-state index in [-0.39, 0.29) is 45.4 Å². The fourth-order valence-corrected chi connectivity index (χ4v) is 7.74. The van der Waals surface area contributed by atoms with Gasteiger partial charge in [0.15, 0.2) is 29.9 Å². The molecule has 1 aromatic heterocycles. The third kappa shape index (κ3) is 9.56. The molecule has 3 aliphatic heterocycles. The highest BCUT2D eigenvalue weighted by Crippen LogP contribution is 2.39. The fraction of sp³-hybridized carbons (Fsp3) is 0.390. The van der Waals surface area contributed by atoms with E-state index in [1.165, 1.54) is 37.4 Å². The molecule has 2 bridgehead atoms. The molecule has 1 saturated carbocycles. The maximum Gasteiger partial charge on any atom is 0.387 e. The van der Waals surface area contributed by atoms with Gasteiger partial charge in [-0.2, -0.15) is 13.5 Å². The zero-order valence-electron chi connectivity index (χ0n) is 30.5. The molecule has 296 valence electrons. The summed E-state index contributed by atoms with van der Waals surface area (Å²) in [4.78, 5) is 30.0. The molecule has 56 heavy (non-hydrogen) atoms. The molecule has 4 heterocycles. The molecule has 4 fully saturated rings. The number of hydrogen-bond donors (Lipinski definition) is 1. The molecule has 4 aliphatic rings. The van der Waals surface area contributed by atoms with Gasteiger partial charge in [0.1, 0.15) is 28.0 Å². The van der Waals surface area contributed by atoms with Gasteiger partial charge in [0, 0.05) is 18.5 Å². The van der Waals surface area contributed by atoms with Gasteiger partial charge in [-0.1, -0.05) is 59.6 Å². The molecule has 1 N–H and O–H groups in total. The maximum atomic E-state index is 13.9. The number of ether oxygens (including phenoxy) is 5. The van der Waals surface area contributed by atoms with Crippen LogP contribution in [0, 0.1) is 17.0 Å². The van der Waals surface area contributed by atoms with Crippen molar-refractivity contribution in [1.29, 1.82) is 0 Å². The third-order valence-electron chi connectivity index (χ3n) is 10.4. The normalized spacial score (nSPS) is 19.9. The van der Waals surface area contributed by atoms with Gasteiger partial charge in [0.05, 0.1) is 25.0 Å². The van der Waals surface area contributed by atoms with Gasteiger partial charge in [0.2, 0.25) is 0 Å². The van der Waals surface area contributed by atoms with Crippen LogP contribution in [-0.2, 0) is 20.7 Å². The van der Waals surface area contributed by atoms with E-state index in [4.69, 9.17) is 46.9 Å². The van der Waals surface area contributed by atoms with Crippen LogP contribution in [0.4, 0.5) is 14.5 Å². The topological polar surface area (TPSA) is 122 Å². The lowest BCUT2D eigenvalue weighted by Gasteiger charge is -2.44. The zero-order valence-corrected chi connectivity index (χ0v) is 32.0. The van der Waals surface area contributed by atoms with Crippen LogP contribution >= 0.6 is 23.2 Å². The van der Waals surface area contributed by atoms with Gasteiger partial charge >= 0.3 is 18.6 Å². The smallest absolute Gasteiger partial charge is 0.387 e. The first-order valence-electron chi connectivity index (χ1n) is 18.5. The number of aromatic nitrogens is 1. The Morgan fingerprint density at radius 3 is 2.30 bits per heavy atom. The molecule has 3 aromatic carbocycles. The average Bonchev–Trinajstić information content (AvgIpc) is 4.03. The fourth-order valence-electron chi connectivity index (χ4n) is 7.14. The van der Waals surface area contributed by atoms with Gasteiger partial charge in [-0.3, -0.25) is 4.90 Å². The minimum absolute atomic E-state index is 0.0357. The molecule has 4 aromatic rings. The number of halogens is 4. The SMILES string of the molecule is COc1cc(C(=O)O[C@@H](Cc2c(Cl)c[n+]([O-])cc2Cl)c2ccc(OC(F)F)c(OCC3CC3)c2)ccc1NC(C(=O)O[C@H]1CN2CCC1CC2)c1ccccc1. The Bertz CT molecular complexity index is 2010. The Balaban J connectivity index is 1.15. The number of nitrogens with one attached hydrogen (secondary N) is 1. The van der Waals surface area contributed by atoms with E-state index >= 15 is 0 Å². The van der Waals surface area contributed by atoms with Crippen molar-refractivity contribution in [2.24, 2.45) is 11.8 Å². The first kappa shape index (κ1) is 39.4. The number of fused-ring (bicyclic) bond motifs is 3. The maximum absolute atomic E-state index is 13.9. The Kier molecular flexibility index (Phi) is 12.3. The lowest BCUT2D eigenvalue weighted by atomic mass is 9.86. The van der Waals surface area contributed by atoms with E-state index in [1.54, 1.807) is 6.07 Å². The van der Waals surface area contributed by atoms with E-state index in [9.17, 15) is 23.6 Å². The molecule has 8 rings (SSSR count). The summed E-state index contributed by atoms with van der Waals surface area (Å²) in [5.74, 6) is -0.426. The van der Waals surface area contributed by atoms with E-state index in [1.807, 2.05) is 30.3 Å². The second kappa shape index (κ2) is 17.5. The number of pyridine rings is 1. The van der Waals surface area contributed by atoms with Crippen molar-refractivity contribution in [3.05, 3.63) is 117 Å². The number of benzene rings is 3. The molecule has 1 aliphatic carbocycles. The standard InChI is InChI=1S/C41H41Cl2F2N3O8/c1-52-35-18-28(9-11-32(35)46-38(26-5-3-2-4-6-26)40(50)55-37-22-47-15-13-25(37)14-16-47)39(49)54-34(19-29-30(42)20-48(51)21-31(29)43)27-10-12-33(56-41(44)45)36(17-27)53-23-24-7-8-24/h2-6,9-12,17-18,20-21,24-25,34,37-38,41,46H,7-8,13-16,19,22-23H2,1H3/t34-,37-,38?/m0/s1. The molecular weight excluding hydrogens is 771 g/mol. The van der Waals surface area contributed by atoms with Gasteiger partial charge < -0.3 is 34.2 Å². The van der Waals surface area contributed by atoms with Crippen LogP contribution in [0.5, 0.6) is 17.2 Å². The van der Waals surface area contributed by atoms with Crippen molar-refractivity contribution in [3.8, 4) is 17.2 Å². The monoisotopic (exact) mass is 811 g/mol. The van der Waals surface area contributed by atoms with Gasteiger partial charge in [0.25, 0.3) is 0 Å². The number of rotatable bonds is 16. The summed E-state index contributed by atoms with van der Waals surface area (Å²) in [6.45, 7) is -0.0536. The molecule has 1 unspecified atom stereocenters. The lowest BCUT2D eigenvalue weighted by Crippen LogP contribution is -2.52. The number of esters is 2. The quantitative estimate of drug-likeness (QED) is 0.0678. The average molecular weight is 813 g/mol. The van der Waals surface area contributed by atoms with E-state index in [0.29, 0.717) is 52.1 Å². The summed E-state index contributed by atoms with van der Waals surface area (Å²) in [5, 5.41) is 15.3. The van der Waals surface area contributed by atoms with Crippen LogP contribution in [0.15, 0.2) is 79.1 Å².